The third kappa shape index (κ3) is 0.202. The number of rotatable bonds is 0. The fraction of sp³-hybridized carbons (Fsp3) is 0. The first kappa shape index (κ1) is 3.64. The fourth-order valence-corrected chi connectivity index (χ4v) is 3.30. The predicted molar refractivity (Wildman–Crippen MR) is 39.6 cm³/mol. The molecule has 0 spiro atoms. The number of benzene rings is 1. The molecule has 0 saturated heterocycles. The highest BCUT2D eigenvalue weighted by Crippen LogP contribution is 2.48. The molecule has 4 aromatic heterocycles. The van der Waals surface area contributed by atoms with Gasteiger partial charge < -0.3 is 0 Å². The summed E-state index contributed by atoms with van der Waals surface area (Å²) in [6, 6.07) is 4.41. The van der Waals surface area contributed by atoms with Crippen molar-refractivity contribution in [1.29, 1.82) is 0 Å². The molecule has 2 heteroatoms. The Morgan fingerprint density at radius 1 is 0.875 bits per heavy atom. The van der Waals surface area contributed by atoms with E-state index >= 15 is 0 Å². The lowest BCUT2D eigenvalue weighted by Crippen LogP contribution is -1.78. The Morgan fingerprint density at radius 2 is 1.38 bits per heavy atom. The summed E-state index contributed by atoms with van der Waals surface area (Å²) in [6.07, 6.45) is 0. The van der Waals surface area contributed by atoms with E-state index in [1.807, 2.05) is 22.7 Å². The van der Waals surface area contributed by atoms with Crippen LogP contribution in [0.4, 0.5) is 0 Å². The van der Waals surface area contributed by atoms with Gasteiger partial charge in [0.25, 0.3) is 0 Å². The Morgan fingerprint density at radius 3 is 1.50 bits per heavy atom. The largest absolute Gasteiger partial charge is 0.132 e. The predicted octanol–water partition coefficient (Wildman–Crippen LogP) is 2.99. The first-order valence-corrected chi connectivity index (χ1v) is 4.11. The summed E-state index contributed by atoms with van der Waals surface area (Å²) in [5, 5.41) is 0. The lowest BCUT2D eigenvalue weighted by molar-refractivity contribution is 2.07. The lowest BCUT2D eigenvalue weighted by Gasteiger charge is -2.11. The van der Waals surface area contributed by atoms with Gasteiger partial charge in [0.2, 0.25) is 0 Å². The molecule has 4 bridgehead atoms. The van der Waals surface area contributed by atoms with Gasteiger partial charge in [0, 0.05) is 9.40 Å². The Kier molecular flexibility index (Phi) is 0.396. The van der Waals surface area contributed by atoms with Crippen molar-refractivity contribution in [1.82, 2.24) is 0 Å². The molecule has 5 rings (SSSR count). The second-order valence-corrected chi connectivity index (χ2v) is 4.03. The van der Waals surface area contributed by atoms with E-state index < -0.39 is 0 Å². The second-order valence-electron chi connectivity index (χ2n) is 1.92. The van der Waals surface area contributed by atoms with Crippen molar-refractivity contribution in [2.75, 3.05) is 0 Å². The van der Waals surface area contributed by atoms with Gasteiger partial charge in [-0.15, -0.1) is 22.7 Å². The maximum absolute atomic E-state index is 2.21. The van der Waals surface area contributed by atoms with Gasteiger partial charge in [0.1, 0.15) is 0 Å². The molecular weight excluding hydrogens is 136 g/mol. The molecule has 0 aliphatic carbocycles. The summed E-state index contributed by atoms with van der Waals surface area (Å²) < 4.78 is 6.07. The van der Waals surface area contributed by atoms with Gasteiger partial charge in [-0.3, -0.25) is 0 Å². The monoisotopic (exact) mass is 138 g/mol. The Balaban J connectivity index is 2.94. The molecular formula is C6H2S2. The highest BCUT2D eigenvalue weighted by Gasteiger charge is 2.13. The molecule has 1 aromatic carbocycles. The van der Waals surface area contributed by atoms with E-state index in [0.29, 0.717) is 0 Å². The van der Waals surface area contributed by atoms with Crippen LogP contribution >= 0.6 is 22.7 Å². The molecule has 0 saturated carbocycles. The van der Waals surface area contributed by atoms with Gasteiger partial charge in [0.15, 0.2) is 0 Å². The van der Waals surface area contributed by atoms with Crippen LogP contribution in [0.3, 0.4) is 0 Å². The molecule has 0 N–H and O–H groups in total. The molecule has 38 valence electrons. The molecule has 0 atom stereocenters. The van der Waals surface area contributed by atoms with Crippen molar-refractivity contribution in [3.8, 4) is 0 Å². The molecule has 0 aliphatic heterocycles. The van der Waals surface area contributed by atoms with Gasteiger partial charge in [-0.25, -0.2) is 0 Å². The van der Waals surface area contributed by atoms with Crippen LogP contribution in [0, 0.1) is 0 Å². The van der Waals surface area contributed by atoms with Crippen LogP contribution in [-0.2, 0) is 0 Å². The van der Waals surface area contributed by atoms with Crippen LogP contribution in [0.1, 0.15) is 0 Å². The van der Waals surface area contributed by atoms with Crippen LogP contribution < -0.4 is 0 Å². The van der Waals surface area contributed by atoms with E-state index in [1.165, 1.54) is 9.40 Å². The quantitative estimate of drug-likeness (QED) is 0.448. The summed E-state index contributed by atoms with van der Waals surface area (Å²) in [5.41, 5.74) is 0. The Labute approximate surface area is 54.0 Å². The second kappa shape index (κ2) is 0.870. The van der Waals surface area contributed by atoms with Gasteiger partial charge in [-0.2, -0.15) is 0 Å². The zero-order valence-corrected chi connectivity index (χ0v) is 5.60. The molecule has 0 fully saturated rings. The van der Waals surface area contributed by atoms with Crippen LogP contribution in [0.5, 0.6) is 0 Å². The van der Waals surface area contributed by atoms with Gasteiger partial charge in [0.05, 0.1) is 9.40 Å². The Bertz CT molecular complexity index is 312. The smallest absolute Gasteiger partial charge is 0.0635 e. The molecule has 0 unspecified atom stereocenters. The summed E-state index contributed by atoms with van der Waals surface area (Å²) in [5.74, 6) is 0. The third-order valence-corrected chi connectivity index (χ3v) is 4.23. The van der Waals surface area contributed by atoms with Crippen molar-refractivity contribution in [3.63, 3.8) is 0 Å². The van der Waals surface area contributed by atoms with E-state index in [2.05, 4.69) is 12.1 Å². The fourth-order valence-electron chi connectivity index (χ4n) is 1.01. The standard InChI is InChI=1S/C6H2S2/c1-2-4-6-5(8-4)3(1)7-6/h1-2H. The Hall–Kier alpha value is -0.340. The lowest BCUT2D eigenvalue weighted by atomic mass is 10.3. The van der Waals surface area contributed by atoms with E-state index in [1.54, 1.807) is 9.40 Å². The zero-order valence-electron chi connectivity index (χ0n) is 3.97. The SMILES string of the molecule is c1cc2sc3c1sc23. The third-order valence-electron chi connectivity index (χ3n) is 1.46. The number of hydrogen-bond donors (Lipinski definition) is 0. The average molecular weight is 138 g/mol. The van der Waals surface area contributed by atoms with Crippen LogP contribution in [0.15, 0.2) is 12.1 Å². The number of hydrogen-bond acceptors (Lipinski definition) is 2. The normalized spacial score (nSPS) is 13.0. The maximum atomic E-state index is 2.21. The summed E-state index contributed by atoms with van der Waals surface area (Å²) in [4.78, 5) is 0. The van der Waals surface area contributed by atoms with Crippen molar-refractivity contribution in [3.05, 3.63) is 12.1 Å². The zero-order chi connectivity index (χ0) is 5.14. The minimum absolute atomic E-state index is 1.49. The van der Waals surface area contributed by atoms with E-state index in [9.17, 15) is 0 Å². The van der Waals surface area contributed by atoms with E-state index in [0.717, 1.165) is 0 Å². The first-order valence-electron chi connectivity index (χ1n) is 2.48. The van der Waals surface area contributed by atoms with Crippen LogP contribution in [-0.4, -0.2) is 0 Å². The van der Waals surface area contributed by atoms with Crippen molar-refractivity contribution < 1.29 is 0 Å². The van der Waals surface area contributed by atoms with Gasteiger partial charge in [-0.1, -0.05) is 0 Å². The minimum atomic E-state index is 1.49. The minimum Gasteiger partial charge on any atom is -0.132 e. The highest BCUT2D eigenvalue weighted by atomic mass is 32.1. The molecule has 0 aliphatic rings. The molecule has 4 heterocycles. The van der Waals surface area contributed by atoms with Crippen LogP contribution in [0.2, 0.25) is 0 Å². The molecule has 0 amide bonds. The van der Waals surface area contributed by atoms with Crippen molar-refractivity contribution >= 4 is 41.5 Å². The van der Waals surface area contributed by atoms with E-state index in [-0.39, 0.29) is 0 Å². The molecule has 8 heavy (non-hydrogen) atoms. The van der Waals surface area contributed by atoms with E-state index in [4.69, 9.17) is 0 Å². The average Bonchev–Trinajstić information content (AvgIpc) is 1.84. The summed E-state index contributed by atoms with van der Waals surface area (Å²) >= 11 is 3.85. The summed E-state index contributed by atoms with van der Waals surface area (Å²) in [6.45, 7) is 0. The first-order chi connectivity index (χ1) is 3.95. The molecule has 5 aromatic rings. The maximum Gasteiger partial charge on any atom is 0.0635 e. The van der Waals surface area contributed by atoms with Crippen molar-refractivity contribution in [2.45, 2.75) is 0 Å². The van der Waals surface area contributed by atoms with Crippen LogP contribution in [0.25, 0.3) is 18.8 Å². The van der Waals surface area contributed by atoms with Crippen molar-refractivity contribution in [2.24, 2.45) is 0 Å². The molecule has 0 nitrogen and oxygen atoms in total. The van der Waals surface area contributed by atoms with Gasteiger partial charge >= 0.3 is 0 Å². The van der Waals surface area contributed by atoms with Gasteiger partial charge in [-0.05, 0) is 12.1 Å². The highest BCUT2D eigenvalue weighted by molar-refractivity contribution is 7.45. The topological polar surface area (TPSA) is 0 Å². The molecule has 0 radical (unpaired) electrons. The summed E-state index contributed by atoms with van der Waals surface area (Å²) in [7, 11) is 0.